The summed E-state index contributed by atoms with van der Waals surface area (Å²) in [5.41, 5.74) is 7.88. The molecule has 2 aromatic rings. The zero-order valence-electron chi connectivity index (χ0n) is 8.99. The number of thioether (sulfide) groups is 1. The molecule has 17 heavy (non-hydrogen) atoms. The van der Waals surface area contributed by atoms with E-state index in [1.807, 2.05) is 42.5 Å². The molecular weight excluding hydrogens is 318 g/mol. The van der Waals surface area contributed by atoms with E-state index in [-0.39, 0.29) is 0 Å². The van der Waals surface area contributed by atoms with Gasteiger partial charge in [-0.25, -0.2) is 0 Å². The highest BCUT2D eigenvalue weighted by atomic mass is 79.9. The Bertz CT molecular complexity index is 510. The molecule has 2 aromatic carbocycles. The van der Waals surface area contributed by atoms with E-state index in [4.69, 9.17) is 17.3 Å². The molecular formula is C13H11BrClNS. The summed E-state index contributed by atoms with van der Waals surface area (Å²) in [6.07, 6.45) is 0. The summed E-state index contributed by atoms with van der Waals surface area (Å²) < 4.78 is 1.05. The lowest BCUT2D eigenvalue weighted by Gasteiger charge is -2.08. The molecule has 0 aliphatic rings. The van der Waals surface area contributed by atoms with Crippen LogP contribution < -0.4 is 5.73 Å². The lowest BCUT2D eigenvalue weighted by atomic mass is 10.2. The van der Waals surface area contributed by atoms with Gasteiger partial charge in [-0.3, -0.25) is 0 Å². The zero-order chi connectivity index (χ0) is 12.3. The molecule has 0 aliphatic carbocycles. The van der Waals surface area contributed by atoms with Crippen LogP contribution in [0.5, 0.6) is 0 Å². The molecule has 88 valence electrons. The topological polar surface area (TPSA) is 26.0 Å². The monoisotopic (exact) mass is 327 g/mol. The second kappa shape index (κ2) is 5.80. The third-order valence-electron chi connectivity index (χ3n) is 2.33. The summed E-state index contributed by atoms with van der Waals surface area (Å²) in [6, 6.07) is 13.7. The molecule has 0 spiro atoms. The van der Waals surface area contributed by atoms with Crippen LogP contribution in [0.4, 0.5) is 5.69 Å². The lowest BCUT2D eigenvalue weighted by Crippen LogP contribution is -1.93. The van der Waals surface area contributed by atoms with Crippen LogP contribution in [0, 0.1) is 0 Å². The van der Waals surface area contributed by atoms with Gasteiger partial charge in [0, 0.05) is 25.8 Å². The summed E-state index contributed by atoms with van der Waals surface area (Å²) in [5.74, 6) is 0.827. The third kappa shape index (κ3) is 3.41. The van der Waals surface area contributed by atoms with Crippen molar-refractivity contribution in [1.82, 2.24) is 0 Å². The first-order valence-electron chi connectivity index (χ1n) is 5.08. The number of anilines is 1. The van der Waals surface area contributed by atoms with Crippen molar-refractivity contribution in [1.29, 1.82) is 0 Å². The molecule has 0 saturated carbocycles. The first kappa shape index (κ1) is 12.8. The van der Waals surface area contributed by atoms with Crippen LogP contribution in [0.1, 0.15) is 5.56 Å². The Morgan fingerprint density at radius 2 is 1.94 bits per heavy atom. The predicted molar refractivity (Wildman–Crippen MR) is 79.6 cm³/mol. The van der Waals surface area contributed by atoms with Crippen molar-refractivity contribution in [3.05, 3.63) is 57.5 Å². The summed E-state index contributed by atoms with van der Waals surface area (Å²) in [6.45, 7) is 0. The number of nitrogens with two attached hydrogens (primary N) is 1. The highest BCUT2D eigenvalue weighted by Gasteiger charge is 2.05. The first-order chi connectivity index (χ1) is 8.16. The Labute approximate surface area is 118 Å². The second-order valence-corrected chi connectivity index (χ2v) is 5.89. The molecule has 4 heteroatoms. The van der Waals surface area contributed by atoms with Gasteiger partial charge in [0.1, 0.15) is 0 Å². The average Bonchev–Trinajstić information content (AvgIpc) is 2.28. The summed E-state index contributed by atoms with van der Waals surface area (Å²) >= 11 is 11.2. The third-order valence-corrected chi connectivity index (χ3v) is 4.33. The Morgan fingerprint density at radius 3 is 2.65 bits per heavy atom. The molecule has 0 bridgehead atoms. The van der Waals surface area contributed by atoms with Crippen LogP contribution in [0.2, 0.25) is 5.02 Å². The maximum atomic E-state index is 5.95. The molecule has 0 atom stereocenters. The van der Waals surface area contributed by atoms with Crippen LogP contribution in [0.15, 0.2) is 51.8 Å². The van der Waals surface area contributed by atoms with Gasteiger partial charge in [0.05, 0.1) is 0 Å². The van der Waals surface area contributed by atoms with E-state index in [0.717, 1.165) is 31.4 Å². The predicted octanol–water partition coefficient (Wildman–Crippen LogP) is 4.98. The SMILES string of the molecule is Nc1cccc(Br)c1CSc1cccc(Cl)c1. The van der Waals surface area contributed by atoms with E-state index < -0.39 is 0 Å². The molecule has 0 aromatic heterocycles. The number of benzene rings is 2. The van der Waals surface area contributed by atoms with Gasteiger partial charge in [-0.05, 0) is 35.9 Å². The molecule has 0 fully saturated rings. The van der Waals surface area contributed by atoms with E-state index in [1.54, 1.807) is 11.8 Å². The average molecular weight is 329 g/mol. The maximum absolute atomic E-state index is 5.95. The smallest absolute Gasteiger partial charge is 0.0417 e. The normalized spacial score (nSPS) is 10.5. The van der Waals surface area contributed by atoms with Gasteiger partial charge >= 0.3 is 0 Å². The van der Waals surface area contributed by atoms with E-state index in [0.29, 0.717) is 0 Å². The van der Waals surface area contributed by atoms with Gasteiger partial charge in [0.2, 0.25) is 0 Å². The fourth-order valence-electron chi connectivity index (χ4n) is 1.44. The van der Waals surface area contributed by atoms with Crippen molar-refractivity contribution in [2.75, 3.05) is 5.73 Å². The Balaban J connectivity index is 2.13. The van der Waals surface area contributed by atoms with Gasteiger partial charge in [0.25, 0.3) is 0 Å². The largest absolute Gasteiger partial charge is 0.398 e. The van der Waals surface area contributed by atoms with E-state index in [2.05, 4.69) is 15.9 Å². The summed E-state index contributed by atoms with van der Waals surface area (Å²) in [7, 11) is 0. The van der Waals surface area contributed by atoms with Gasteiger partial charge in [-0.15, -0.1) is 11.8 Å². The standard InChI is InChI=1S/C13H11BrClNS/c14-12-5-2-6-13(16)11(12)8-17-10-4-1-3-9(15)7-10/h1-7H,8,16H2. The molecule has 2 N–H and O–H groups in total. The van der Waals surface area contributed by atoms with Gasteiger partial charge < -0.3 is 5.73 Å². The quantitative estimate of drug-likeness (QED) is 0.635. The van der Waals surface area contributed by atoms with Crippen molar-refractivity contribution in [3.63, 3.8) is 0 Å². The molecule has 2 rings (SSSR count). The Kier molecular flexibility index (Phi) is 4.37. The molecule has 0 heterocycles. The van der Waals surface area contributed by atoms with Crippen LogP contribution >= 0.6 is 39.3 Å². The van der Waals surface area contributed by atoms with Crippen molar-refractivity contribution in [3.8, 4) is 0 Å². The molecule has 1 nitrogen and oxygen atoms in total. The first-order valence-corrected chi connectivity index (χ1v) is 7.23. The van der Waals surface area contributed by atoms with E-state index in [9.17, 15) is 0 Å². The van der Waals surface area contributed by atoms with Crippen LogP contribution in [0.3, 0.4) is 0 Å². The van der Waals surface area contributed by atoms with E-state index >= 15 is 0 Å². The fraction of sp³-hybridized carbons (Fsp3) is 0.0769. The van der Waals surface area contributed by atoms with Gasteiger partial charge in [0.15, 0.2) is 0 Å². The fourth-order valence-corrected chi connectivity index (χ4v) is 3.42. The van der Waals surface area contributed by atoms with E-state index in [1.165, 1.54) is 0 Å². The number of hydrogen-bond donors (Lipinski definition) is 1. The van der Waals surface area contributed by atoms with Crippen molar-refractivity contribution < 1.29 is 0 Å². The van der Waals surface area contributed by atoms with Crippen molar-refractivity contribution in [2.24, 2.45) is 0 Å². The van der Waals surface area contributed by atoms with Crippen molar-refractivity contribution >= 4 is 45.0 Å². The minimum Gasteiger partial charge on any atom is -0.398 e. The van der Waals surface area contributed by atoms with Crippen LogP contribution in [-0.4, -0.2) is 0 Å². The van der Waals surface area contributed by atoms with Crippen LogP contribution in [0.25, 0.3) is 0 Å². The molecule has 0 radical (unpaired) electrons. The lowest BCUT2D eigenvalue weighted by molar-refractivity contribution is 1.36. The number of nitrogen functional groups attached to an aromatic ring is 1. The van der Waals surface area contributed by atoms with Crippen LogP contribution in [-0.2, 0) is 5.75 Å². The Morgan fingerprint density at radius 1 is 1.18 bits per heavy atom. The van der Waals surface area contributed by atoms with Gasteiger partial charge in [-0.2, -0.15) is 0 Å². The molecule has 0 saturated heterocycles. The zero-order valence-corrected chi connectivity index (χ0v) is 12.1. The number of halogens is 2. The molecule has 0 amide bonds. The summed E-state index contributed by atoms with van der Waals surface area (Å²) in [5, 5.41) is 0.759. The number of hydrogen-bond acceptors (Lipinski definition) is 2. The molecule has 0 aliphatic heterocycles. The minimum atomic E-state index is 0.759. The second-order valence-electron chi connectivity index (χ2n) is 3.55. The summed E-state index contributed by atoms with van der Waals surface area (Å²) in [4.78, 5) is 1.15. The number of rotatable bonds is 3. The van der Waals surface area contributed by atoms with Gasteiger partial charge in [-0.1, -0.05) is 39.7 Å². The maximum Gasteiger partial charge on any atom is 0.0417 e. The molecule has 0 unspecified atom stereocenters. The van der Waals surface area contributed by atoms with Crippen molar-refractivity contribution in [2.45, 2.75) is 10.6 Å². The Hall–Kier alpha value is -0.640. The highest BCUT2D eigenvalue weighted by Crippen LogP contribution is 2.31. The minimum absolute atomic E-state index is 0.759. The highest BCUT2D eigenvalue weighted by molar-refractivity contribution is 9.10.